The lowest BCUT2D eigenvalue weighted by Gasteiger charge is -2.05. The van der Waals surface area contributed by atoms with Crippen LogP contribution in [0.15, 0.2) is 84.9 Å². The molecule has 2 amide bonds. The number of unbranched alkanes of at least 4 members (excludes halogenated alkanes) is 15. The molecule has 0 aliphatic carbocycles. The molecular formula is C43H52FNO3. The molecule has 3 aromatic carbocycles. The number of benzene rings is 3. The number of rotatable bonds is 23. The molecule has 0 fully saturated rings. The van der Waals surface area contributed by atoms with E-state index in [2.05, 4.69) is 41.7 Å². The van der Waals surface area contributed by atoms with E-state index in [9.17, 15) is 18.8 Å². The first-order valence-electron chi connectivity index (χ1n) is 18.2. The summed E-state index contributed by atoms with van der Waals surface area (Å²) in [5.41, 5.74) is 5.37. The number of ketones is 1. The van der Waals surface area contributed by atoms with Crippen LogP contribution in [0.5, 0.6) is 0 Å². The molecule has 3 aromatic rings. The van der Waals surface area contributed by atoms with E-state index in [1.165, 1.54) is 144 Å². The Bertz CT molecular complexity index is 1490. The highest BCUT2D eigenvalue weighted by atomic mass is 19.1. The van der Waals surface area contributed by atoms with Crippen molar-refractivity contribution in [1.29, 1.82) is 0 Å². The number of hydrogen-bond donors (Lipinski definition) is 1. The second kappa shape index (κ2) is 21.0. The first kappa shape index (κ1) is 36.7. The van der Waals surface area contributed by atoms with Crippen LogP contribution in [0.25, 0.3) is 11.6 Å². The Morgan fingerprint density at radius 3 is 1.44 bits per heavy atom. The number of carbonyl (C=O) groups is 3. The maximum atomic E-state index is 13.0. The lowest BCUT2D eigenvalue weighted by molar-refractivity contribution is -0.123. The van der Waals surface area contributed by atoms with Crippen molar-refractivity contribution >= 4 is 29.2 Å². The standard InChI is InChI=1S/C43H52FNO3/c44-39-30-28-38(29-31-39)41(46)32-25-36-21-19-34(20-22-36)17-15-13-11-9-7-5-3-1-2-4-6-8-10-12-14-16-18-35-23-26-37(27-24-35)40-33-42(47)45-43(40)48/h19-33H,1-18H2,(H,45,47,48). The van der Waals surface area contributed by atoms with Crippen molar-refractivity contribution < 1.29 is 18.8 Å². The van der Waals surface area contributed by atoms with Crippen LogP contribution in [0.1, 0.15) is 135 Å². The normalized spacial score (nSPS) is 12.9. The van der Waals surface area contributed by atoms with Gasteiger partial charge in [0.15, 0.2) is 5.78 Å². The van der Waals surface area contributed by atoms with Crippen LogP contribution in [0.3, 0.4) is 0 Å². The average molecular weight is 650 g/mol. The van der Waals surface area contributed by atoms with E-state index in [4.69, 9.17) is 0 Å². The van der Waals surface area contributed by atoms with Crippen LogP contribution in [-0.2, 0) is 22.4 Å². The fourth-order valence-electron chi connectivity index (χ4n) is 6.29. The fourth-order valence-corrected chi connectivity index (χ4v) is 6.29. The SMILES string of the molecule is O=C1C=C(c2ccc(CCCCCCCCCCCCCCCCCCc3ccc(C=CC(=O)c4ccc(F)cc4)cc3)cc2)C(=O)N1. The molecule has 4 nitrogen and oxygen atoms in total. The zero-order valence-corrected chi connectivity index (χ0v) is 28.5. The topological polar surface area (TPSA) is 63.2 Å². The maximum Gasteiger partial charge on any atom is 0.258 e. The van der Waals surface area contributed by atoms with Crippen molar-refractivity contribution in [1.82, 2.24) is 5.32 Å². The van der Waals surface area contributed by atoms with Gasteiger partial charge in [-0.3, -0.25) is 19.7 Å². The van der Waals surface area contributed by atoms with Gasteiger partial charge in [-0.2, -0.15) is 0 Å². The number of aryl methyl sites for hydroxylation is 2. The molecule has 254 valence electrons. The molecule has 5 heteroatoms. The first-order chi connectivity index (χ1) is 23.5. The van der Waals surface area contributed by atoms with Gasteiger partial charge >= 0.3 is 0 Å². The van der Waals surface area contributed by atoms with Crippen LogP contribution in [-0.4, -0.2) is 17.6 Å². The predicted molar refractivity (Wildman–Crippen MR) is 195 cm³/mol. The summed E-state index contributed by atoms with van der Waals surface area (Å²) in [4.78, 5) is 35.4. The third kappa shape index (κ3) is 13.5. The summed E-state index contributed by atoms with van der Waals surface area (Å²) in [6, 6.07) is 22.1. The molecule has 1 aliphatic heterocycles. The Morgan fingerprint density at radius 1 is 0.562 bits per heavy atom. The third-order valence-corrected chi connectivity index (χ3v) is 9.24. The second-order valence-electron chi connectivity index (χ2n) is 13.2. The number of allylic oxidation sites excluding steroid dienone is 1. The van der Waals surface area contributed by atoms with Crippen LogP contribution in [0.4, 0.5) is 4.39 Å². The zero-order chi connectivity index (χ0) is 33.8. The zero-order valence-electron chi connectivity index (χ0n) is 28.5. The molecule has 1 heterocycles. The lowest BCUT2D eigenvalue weighted by Crippen LogP contribution is -2.21. The van der Waals surface area contributed by atoms with Crippen LogP contribution >= 0.6 is 0 Å². The van der Waals surface area contributed by atoms with E-state index in [1.807, 2.05) is 18.2 Å². The summed E-state index contributed by atoms with van der Waals surface area (Å²) >= 11 is 0. The summed E-state index contributed by atoms with van der Waals surface area (Å²) in [6.45, 7) is 0. The highest BCUT2D eigenvalue weighted by molar-refractivity contribution is 6.33. The molecule has 1 aliphatic rings. The van der Waals surface area contributed by atoms with Gasteiger partial charge in [0.2, 0.25) is 0 Å². The Kier molecular flexibility index (Phi) is 16.0. The van der Waals surface area contributed by atoms with Gasteiger partial charge in [0.1, 0.15) is 5.82 Å². The van der Waals surface area contributed by atoms with Gasteiger partial charge in [0.05, 0.1) is 5.57 Å². The summed E-state index contributed by atoms with van der Waals surface area (Å²) < 4.78 is 13.0. The first-order valence-corrected chi connectivity index (χ1v) is 18.2. The largest absolute Gasteiger partial charge is 0.289 e. The number of nitrogens with one attached hydrogen (secondary N) is 1. The minimum absolute atomic E-state index is 0.121. The maximum absolute atomic E-state index is 13.0. The van der Waals surface area contributed by atoms with Gasteiger partial charge in [0.25, 0.3) is 11.8 Å². The molecule has 4 rings (SSSR count). The molecule has 0 unspecified atom stereocenters. The minimum Gasteiger partial charge on any atom is -0.289 e. The van der Waals surface area contributed by atoms with Crippen molar-refractivity contribution in [3.05, 3.63) is 119 Å². The van der Waals surface area contributed by atoms with Crippen LogP contribution < -0.4 is 5.32 Å². The highest BCUT2D eigenvalue weighted by Crippen LogP contribution is 2.20. The molecule has 0 saturated heterocycles. The summed E-state index contributed by atoms with van der Waals surface area (Å²) in [6.07, 6.45) is 28.1. The molecule has 0 aromatic heterocycles. The van der Waals surface area contributed by atoms with E-state index in [-0.39, 0.29) is 23.4 Å². The molecule has 0 radical (unpaired) electrons. The van der Waals surface area contributed by atoms with Gasteiger partial charge in [-0.05, 0) is 78.3 Å². The minimum atomic E-state index is -0.338. The van der Waals surface area contributed by atoms with E-state index in [1.54, 1.807) is 6.08 Å². The summed E-state index contributed by atoms with van der Waals surface area (Å²) in [7, 11) is 0. The second-order valence-corrected chi connectivity index (χ2v) is 13.2. The molecule has 0 spiro atoms. The predicted octanol–water partition coefficient (Wildman–Crippen LogP) is 10.8. The number of imide groups is 1. The van der Waals surface area contributed by atoms with E-state index in [0.29, 0.717) is 11.1 Å². The lowest BCUT2D eigenvalue weighted by atomic mass is 10.0. The van der Waals surface area contributed by atoms with Crippen LogP contribution in [0.2, 0.25) is 0 Å². The summed E-state index contributed by atoms with van der Waals surface area (Å²) in [5.74, 6) is -1.10. The smallest absolute Gasteiger partial charge is 0.258 e. The molecule has 0 saturated carbocycles. The van der Waals surface area contributed by atoms with Crippen molar-refractivity contribution in [3.63, 3.8) is 0 Å². The molecular weight excluding hydrogens is 597 g/mol. The Hall–Kier alpha value is -4.12. The molecule has 48 heavy (non-hydrogen) atoms. The van der Waals surface area contributed by atoms with Crippen molar-refractivity contribution in [2.45, 2.75) is 116 Å². The van der Waals surface area contributed by atoms with Gasteiger partial charge in [0, 0.05) is 11.6 Å². The van der Waals surface area contributed by atoms with E-state index >= 15 is 0 Å². The van der Waals surface area contributed by atoms with Gasteiger partial charge in [-0.15, -0.1) is 0 Å². The molecule has 1 N–H and O–H groups in total. The monoisotopic (exact) mass is 649 g/mol. The number of hydrogen-bond acceptors (Lipinski definition) is 3. The van der Waals surface area contributed by atoms with Crippen molar-refractivity contribution in [2.75, 3.05) is 0 Å². The Labute approximate surface area is 286 Å². The molecule has 0 atom stereocenters. The number of halogens is 1. The van der Waals surface area contributed by atoms with Crippen LogP contribution in [0, 0.1) is 5.82 Å². The Balaban J connectivity index is 0.894. The fraction of sp³-hybridized carbons (Fsp3) is 0.419. The van der Waals surface area contributed by atoms with Gasteiger partial charge in [-0.25, -0.2) is 4.39 Å². The quantitative estimate of drug-likeness (QED) is 0.0481. The van der Waals surface area contributed by atoms with Crippen molar-refractivity contribution in [3.8, 4) is 0 Å². The van der Waals surface area contributed by atoms with Crippen molar-refractivity contribution in [2.24, 2.45) is 0 Å². The van der Waals surface area contributed by atoms with E-state index < -0.39 is 0 Å². The number of amides is 2. The number of carbonyl (C=O) groups excluding carboxylic acids is 3. The Morgan fingerprint density at radius 2 is 1.00 bits per heavy atom. The third-order valence-electron chi connectivity index (χ3n) is 9.24. The average Bonchev–Trinajstić information content (AvgIpc) is 3.44. The molecule has 0 bridgehead atoms. The van der Waals surface area contributed by atoms with Gasteiger partial charge in [-0.1, -0.05) is 144 Å². The van der Waals surface area contributed by atoms with E-state index in [0.717, 1.165) is 24.0 Å². The highest BCUT2D eigenvalue weighted by Gasteiger charge is 2.21. The van der Waals surface area contributed by atoms with Gasteiger partial charge < -0.3 is 0 Å². The summed E-state index contributed by atoms with van der Waals surface area (Å²) in [5, 5.41) is 2.30.